The smallest absolute Gasteiger partial charge is 0.325 e. The van der Waals surface area contributed by atoms with Gasteiger partial charge in [0.15, 0.2) is 4.21 Å². The highest BCUT2D eigenvalue weighted by molar-refractivity contribution is 7.91. The topological polar surface area (TPSA) is 88.6 Å². The zero-order chi connectivity index (χ0) is 14.8. The first kappa shape index (κ1) is 15.4. The van der Waals surface area contributed by atoms with Crippen LogP contribution in [0.5, 0.6) is 0 Å². The van der Waals surface area contributed by atoms with Crippen molar-refractivity contribution in [2.24, 2.45) is 0 Å². The molecule has 2 rings (SSSR count). The van der Waals surface area contributed by atoms with E-state index < -0.39 is 22.0 Å². The summed E-state index contributed by atoms with van der Waals surface area (Å²) in [5, 5.41) is 3.69. The van der Waals surface area contributed by atoms with E-state index in [1.165, 1.54) is 10.5 Å². The van der Waals surface area contributed by atoms with Crippen LogP contribution in [0.25, 0.3) is 0 Å². The van der Waals surface area contributed by atoms with Gasteiger partial charge >= 0.3 is 5.97 Å². The Labute approximate surface area is 122 Å². The van der Waals surface area contributed by atoms with Gasteiger partial charge in [-0.2, -0.15) is 4.31 Å². The van der Waals surface area contributed by atoms with Crippen LogP contribution in [0.2, 0.25) is 0 Å². The molecule has 1 saturated heterocycles. The van der Waals surface area contributed by atoms with E-state index in [0.29, 0.717) is 11.6 Å². The predicted octanol–water partition coefficient (Wildman–Crippen LogP) is -0.0229. The summed E-state index contributed by atoms with van der Waals surface area (Å²) in [4.78, 5) is 15.9. The molecule has 0 spiro atoms. The van der Waals surface area contributed by atoms with Crippen LogP contribution in [0, 0.1) is 6.92 Å². The van der Waals surface area contributed by atoms with E-state index in [-0.39, 0.29) is 23.9 Å². The Morgan fingerprint density at radius 1 is 1.65 bits per heavy atom. The van der Waals surface area contributed by atoms with Crippen molar-refractivity contribution in [2.75, 3.05) is 26.2 Å². The van der Waals surface area contributed by atoms with Crippen LogP contribution in [0.1, 0.15) is 11.9 Å². The zero-order valence-electron chi connectivity index (χ0n) is 11.3. The first-order chi connectivity index (χ1) is 9.46. The molecule has 1 aromatic rings. The molecule has 0 bridgehead atoms. The number of piperazine rings is 1. The average molecular weight is 319 g/mol. The van der Waals surface area contributed by atoms with Crippen molar-refractivity contribution < 1.29 is 17.9 Å². The molecule has 1 aliphatic heterocycles. The standard InChI is InChI=1S/C11H17N3O4S2/c1-3-18-11(15)9-6-12-4-5-14(9)20(16,17)10-7-13-8(2)19-10/h7,9,12H,3-6H2,1-2H3. The molecule has 7 nitrogen and oxygen atoms in total. The van der Waals surface area contributed by atoms with E-state index in [1.807, 2.05) is 0 Å². The summed E-state index contributed by atoms with van der Waals surface area (Å²) in [6.45, 7) is 4.66. The van der Waals surface area contributed by atoms with Gasteiger partial charge in [0, 0.05) is 19.6 Å². The van der Waals surface area contributed by atoms with Crippen molar-refractivity contribution in [3.63, 3.8) is 0 Å². The van der Waals surface area contributed by atoms with Crippen LogP contribution < -0.4 is 5.32 Å². The maximum absolute atomic E-state index is 12.6. The molecule has 1 fully saturated rings. The van der Waals surface area contributed by atoms with E-state index >= 15 is 0 Å². The fourth-order valence-electron chi connectivity index (χ4n) is 1.99. The molecular weight excluding hydrogens is 302 g/mol. The van der Waals surface area contributed by atoms with E-state index in [9.17, 15) is 13.2 Å². The van der Waals surface area contributed by atoms with Crippen LogP contribution in [0.15, 0.2) is 10.4 Å². The highest BCUT2D eigenvalue weighted by atomic mass is 32.2. The summed E-state index contributed by atoms with van der Waals surface area (Å²) in [5.41, 5.74) is 0. The van der Waals surface area contributed by atoms with Crippen molar-refractivity contribution in [1.82, 2.24) is 14.6 Å². The van der Waals surface area contributed by atoms with Gasteiger partial charge in [0.2, 0.25) is 0 Å². The third-order valence-electron chi connectivity index (χ3n) is 2.92. The molecule has 2 heterocycles. The molecule has 112 valence electrons. The average Bonchev–Trinajstić information content (AvgIpc) is 2.86. The Bertz CT molecular complexity index is 584. The van der Waals surface area contributed by atoms with Crippen molar-refractivity contribution in [1.29, 1.82) is 0 Å². The molecule has 1 atom stereocenters. The first-order valence-corrected chi connectivity index (χ1v) is 8.54. The maximum Gasteiger partial charge on any atom is 0.325 e. The van der Waals surface area contributed by atoms with Crippen molar-refractivity contribution in [3.05, 3.63) is 11.2 Å². The normalized spacial score (nSPS) is 20.8. The maximum atomic E-state index is 12.6. The van der Waals surface area contributed by atoms with Gasteiger partial charge in [0.05, 0.1) is 17.8 Å². The second kappa shape index (κ2) is 6.17. The minimum atomic E-state index is -3.71. The number of aryl methyl sites for hydroxylation is 1. The van der Waals surface area contributed by atoms with Gasteiger partial charge in [-0.3, -0.25) is 4.79 Å². The van der Waals surface area contributed by atoms with Gasteiger partial charge in [-0.05, 0) is 13.8 Å². The molecule has 9 heteroatoms. The molecule has 20 heavy (non-hydrogen) atoms. The quantitative estimate of drug-likeness (QED) is 0.785. The summed E-state index contributed by atoms with van der Waals surface area (Å²) >= 11 is 1.10. The number of thiazole rings is 1. The Morgan fingerprint density at radius 2 is 2.40 bits per heavy atom. The lowest BCUT2D eigenvalue weighted by atomic mass is 10.2. The second-order valence-corrected chi connectivity index (χ2v) is 7.64. The number of hydrogen-bond acceptors (Lipinski definition) is 7. The van der Waals surface area contributed by atoms with E-state index in [2.05, 4.69) is 10.3 Å². The number of nitrogens with one attached hydrogen (secondary N) is 1. The van der Waals surface area contributed by atoms with E-state index in [1.54, 1.807) is 13.8 Å². The number of aromatic nitrogens is 1. The van der Waals surface area contributed by atoms with E-state index in [4.69, 9.17) is 4.74 Å². The number of esters is 1. The molecular formula is C11H17N3O4S2. The summed E-state index contributed by atoms with van der Waals surface area (Å²) in [6.07, 6.45) is 1.33. The van der Waals surface area contributed by atoms with Gasteiger partial charge in [0.25, 0.3) is 10.0 Å². The number of sulfonamides is 1. The fourth-order valence-corrected chi connectivity index (χ4v) is 4.81. The number of carbonyl (C=O) groups excluding carboxylic acids is 1. The number of hydrogen-bond donors (Lipinski definition) is 1. The van der Waals surface area contributed by atoms with Crippen molar-refractivity contribution in [3.8, 4) is 0 Å². The minimum Gasteiger partial charge on any atom is -0.465 e. The fraction of sp³-hybridized carbons (Fsp3) is 0.636. The molecule has 0 aromatic carbocycles. The van der Waals surface area contributed by atoms with Gasteiger partial charge in [-0.1, -0.05) is 0 Å². The minimum absolute atomic E-state index is 0.159. The van der Waals surface area contributed by atoms with Crippen LogP contribution in [-0.2, 0) is 19.6 Å². The highest BCUT2D eigenvalue weighted by Gasteiger charge is 2.39. The Balaban J connectivity index is 2.29. The molecule has 0 saturated carbocycles. The summed E-state index contributed by atoms with van der Waals surface area (Å²) in [5.74, 6) is -0.524. The molecule has 0 amide bonds. The molecule has 0 aliphatic carbocycles. The number of carbonyl (C=O) groups is 1. The largest absolute Gasteiger partial charge is 0.465 e. The SMILES string of the molecule is CCOC(=O)C1CNCCN1S(=O)(=O)c1cnc(C)s1. The Morgan fingerprint density at radius 3 is 3.00 bits per heavy atom. The van der Waals surface area contributed by atoms with Gasteiger partial charge < -0.3 is 10.1 Å². The van der Waals surface area contributed by atoms with Gasteiger partial charge in [-0.25, -0.2) is 13.4 Å². The zero-order valence-corrected chi connectivity index (χ0v) is 13.0. The highest BCUT2D eigenvalue weighted by Crippen LogP contribution is 2.24. The molecule has 1 N–H and O–H groups in total. The second-order valence-electron chi connectivity index (χ2n) is 4.29. The molecule has 0 radical (unpaired) electrons. The van der Waals surface area contributed by atoms with Crippen molar-refractivity contribution >= 4 is 27.3 Å². The summed E-state index contributed by atoms with van der Waals surface area (Å²) in [7, 11) is -3.71. The monoisotopic (exact) mass is 319 g/mol. The van der Waals surface area contributed by atoms with E-state index in [0.717, 1.165) is 11.3 Å². The van der Waals surface area contributed by atoms with Crippen molar-refractivity contribution in [2.45, 2.75) is 24.1 Å². The molecule has 1 aromatic heterocycles. The summed E-state index contributed by atoms with van der Waals surface area (Å²) < 4.78 is 31.5. The third kappa shape index (κ3) is 3.00. The first-order valence-electron chi connectivity index (χ1n) is 6.28. The number of ether oxygens (including phenoxy) is 1. The summed E-state index contributed by atoms with van der Waals surface area (Å²) in [6, 6.07) is -0.823. The molecule has 1 unspecified atom stereocenters. The van der Waals surface area contributed by atoms with Crippen LogP contribution in [0.3, 0.4) is 0 Å². The van der Waals surface area contributed by atoms with Crippen LogP contribution in [0.4, 0.5) is 0 Å². The molecule has 1 aliphatic rings. The number of nitrogens with zero attached hydrogens (tertiary/aromatic N) is 2. The Hall–Kier alpha value is -1.03. The lowest BCUT2D eigenvalue weighted by Crippen LogP contribution is -2.57. The Kier molecular flexibility index (Phi) is 4.74. The van der Waals surface area contributed by atoms with Gasteiger partial charge in [0.1, 0.15) is 6.04 Å². The lowest BCUT2D eigenvalue weighted by molar-refractivity contribution is -0.148. The third-order valence-corrected chi connectivity index (χ3v) is 6.17. The predicted molar refractivity (Wildman–Crippen MR) is 74.0 cm³/mol. The van der Waals surface area contributed by atoms with Gasteiger partial charge in [-0.15, -0.1) is 11.3 Å². The lowest BCUT2D eigenvalue weighted by Gasteiger charge is -2.32. The number of rotatable bonds is 4. The van der Waals surface area contributed by atoms with Crippen LogP contribution in [-0.4, -0.2) is 56.0 Å². The van der Waals surface area contributed by atoms with Crippen LogP contribution >= 0.6 is 11.3 Å².